The third kappa shape index (κ3) is 3.61. The summed E-state index contributed by atoms with van der Waals surface area (Å²) in [6, 6.07) is 18.1. The monoisotopic (exact) mass is 341 g/mol. The SMILES string of the molecule is CNC(c1cccc(OCc2ccccc2)c1)c1c(Cl)cnn1C. The molecule has 0 spiro atoms. The van der Waals surface area contributed by atoms with Crippen molar-refractivity contribution in [3.63, 3.8) is 0 Å². The molecule has 5 heteroatoms. The average Bonchev–Trinajstić information content (AvgIpc) is 2.95. The highest BCUT2D eigenvalue weighted by Gasteiger charge is 2.19. The molecule has 0 amide bonds. The molecule has 1 aromatic heterocycles. The van der Waals surface area contributed by atoms with Crippen LogP contribution in [0.15, 0.2) is 60.8 Å². The van der Waals surface area contributed by atoms with Gasteiger partial charge in [0.25, 0.3) is 0 Å². The summed E-state index contributed by atoms with van der Waals surface area (Å²) < 4.78 is 7.71. The van der Waals surface area contributed by atoms with Crippen LogP contribution in [0.2, 0.25) is 5.02 Å². The Labute approximate surface area is 147 Å². The molecular formula is C19H20ClN3O. The maximum atomic E-state index is 6.29. The summed E-state index contributed by atoms with van der Waals surface area (Å²) in [5.74, 6) is 0.829. The van der Waals surface area contributed by atoms with Crippen LogP contribution in [0.5, 0.6) is 5.75 Å². The van der Waals surface area contributed by atoms with Crippen LogP contribution in [0.4, 0.5) is 0 Å². The van der Waals surface area contributed by atoms with Crippen LogP contribution in [0.1, 0.15) is 22.9 Å². The molecule has 0 radical (unpaired) electrons. The molecule has 0 bridgehead atoms. The van der Waals surface area contributed by atoms with Crippen LogP contribution in [0.3, 0.4) is 0 Å². The predicted octanol–water partition coefficient (Wildman–Crippen LogP) is 3.96. The van der Waals surface area contributed by atoms with Gasteiger partial charge >= 0.3 is 0 Å². The van der Waals surface area contributed by atoms with Gasteiger partial charge in [0.1, 0.15) is 12.4 Å². The minimum Gasteiger partial charge on any atom is -0.489 e. The maximum absolute atomic E-state index is 6.29. The van der Waals surface area contributed by atoms with Crippen molar-refractivity contribution in [2.45, 2.75) is 12.6 Å². The Balaban J connectivity index is 1.81. The summed E-state index contributed by atoms with van der Waals surface area (Å²) in [6.45, 7) is 0.543. The van der Waals surface area contributed by atoms with Gasteiger partial charge in [0, 0.05) is 7.05 Å². The number of hydrogen-bond acceptors (Lipinski definition) is 3. The van der Waals surface area contributed by atoms with E-state index in [0.717, 1.165) is 22.6 Å². The predicted molar refractivity (Wildman–Crippen MR) is 96.3 cm³/mol. The Morgan fingerprint density at radius 1 is 1.17 bits per heavy atom. The summed E-state index contributed by atoms with van der Waals surface area (Å²) in [5, 5.41) is 8.17. The normalized spacial score (nSPS) is 12.1. The van der Waals surface area contributed by atoms with Gasteiger partial charge in [-0.25, -0.2) is 0 Å². The third-order valence-corrected chi connectivity index (χ3v) is 4.23. The zero-order chi connectivity index (χ0) is 16.9. The molecule has 24 heavy (non-hydrogen) atoms. The van der Waals surface area contributed by atoms with Crippen molar-refractivity contribution in [1.29, 1.82) is 0 Å². The Morgan fingerprint density at radius 2 is 1.96 bits per heavy atom. The molecule has 1 atom stereocenters. The van der Waals surface area contributed by atoms with Gasteiger partial charge in [0.2, 0.25) is 0 Å². The van der Waals surface area contributed by atoms with E-state index in [9.17, 15) is 0 Å². The number of rotatable bonds is 6. The Hall–Kier alpha value is -2.30. The third-order valence-electron chi connectivity index (χ3n) is 3.94. The second kappa shape index (κ2) is 7.51. The zero-order valence-corrected chi connectivity index (χ0v) is 14.5. The first-order valence-corrected chi connectivity index (χ1v) is 8.18. The van der Waals surface area contributed by atoms with Crippen molar-refractivity contribution in [2.75, 3.05) is 7.05 Å². The highest BCUT2D eigenvalue weighted by Crippen LogP contribution is 2.29. The van der Waals surface area contributed by atoms with Crippen molar-refractivity contribution in [1.82, 2.24) is 15.1 Å². The van der Waals surface area contributed by atoms with Gasteiger partial charge in [-0.05, 0) is 30.3 Å². The van der Waals surface area contributed by atoms with E-state index in [1.54, 1.807) is 10.9 Å². The zero-order valence-electron chi connectivity index (χ0n) is 13.7. The minimum absolute atomic E-state index is 0.0507. The van der Waals surface area contributed by atoms with Crippen LogP contribution in [-0.4, -0.2) is 16.8 Å². The molecule has 1 unspecified atom stereocenters. The second-order valence-corrected chi connectivity index (χ2v) is 5.98. The largest absolute Gasteiger partial charge is 0.489 e. The molecule has 0 fully saturated rings. The van der Waals surface area contributed by atoms with E-state index >= 15 is 0 Å². The van der Waals surface area contributed by atoms with Gasteiger partial charge in [0.15, 0.2) is 0 Å². The van der Waals surface area contributed by atoms with E-state index in [4.69, 9.17) is 16.3 Å². The number of aryl methyl sites for hydroxylation is 1. The molecule has 1 N–H and O–H groups in total. The van der Waals surface area contributed by atoms with Crippen molar-refractivity contribution in [3.8, 4) is 5.75 Å². The van der Waals surface area contributed by atoms with Crippen LogP contribution >= 0.6 is 11.6 Å². The number of halogens is 1. The Bertz CT molecular complexity index is 782. The van der Waals surface area contributed by atoms with Gasteiger partial charge < -0.3 is 10.1 Å². The van der Waals surface area contributed by atoms with Crippen molar-refractivity contribution >= 4 is 11.6 Å². The number of nitrogens with zero attached hydrogens (tertiary/aromatic N) is 2. The summed E-state index contributed by atoms with van der Waals surface area (Å²) in [4.78, 5) is 0. The lowest BCUT2D eigenvalue weighted by atomic mass is 10.0. The molecule has 4 nitrogen and oxygen atoms in total. The number of nitrogens with one attached hydrogen (secondary N) is 1. The smallest absolute Gasteiger partial charge is 0.120 e. The molecule has 0 saturated heterocycles. The van der Waals surface area contributed by atoms with E-state index in [1.165, 1.54) is 0 Å². The van der Waals surface area contributed by atoms with Crippen LogP contribution < -0.4 is 10.1 Å². The van der Waals surface area contributed by atoms with Gasteiger partial charge in [-0.2, -0.15) is 5.10 Å². The van der Waals surface area contributed by atoms with Crippen molar-refractivity contribution < 1.29 is 4.74 Å². The van der Waals surface area contributed by atoms with Gasteiger partial charge in [-0.1, -0.05) is 54.1 Å². The molecule has 0 aliphatic carbocycles. The lowest BCUT2D eigenvalue weighted by Gasteiger charge is -2.18. The molecule has 3 aromatic rings. The minimum atomic E-state index is -0.0507. The molecular weight excluding hydrogens is 322 g/mol. The van der Waals surface area contributed by atoms with Gasteiger partial charge in [0.05, 0.1) is 23.0 Å². The summed E-state index contributed by atoms with van der Waals surface area (Å²) in [5.41, 5.74) is 3.15. The fraction of sp³-hybridized carbons (Fsp3) is 0.211. The molecule has 0 aliphatic rings. The topological polar surface area (TPSA) is 39.1 Å². The lowest BCUT2D eigenvalue weighted by Crippen LogP contribution is -2.21. The van der Waals surface area contributed by atoms with E-state index in [0.29, 0.717) is 11.6 Å². The summed E-state index contributed by atoms with van der Waals surface area (Å²) in [6.07, 6.45) is 1.66. The Morgan fingerprint density at radius 3 is 2.62 bits per heavy atom. The first kappa shape index (κ1) is 16.6. The highest BCUT2D eigenvalue weighted by molar-refractivity contribution is 6.31. The van der Waals surface area contributed by atoms with Crippen LogP contribution in [0.25, 0.3) is 0 Å². The number of aromatic nitrogens is 2. The first-order chi connectivity index (χ1) is 11.7. The molecule has 2 aromatic carbocycles. The summed E-state index contributed by atoms with van der Waals surface area (Å²) in [7, 11) is 3.80. The van der Waals surface area contributed by atoms with Gasteiger partial charge in [-0.15, -0.1) is 0 Å². The van der Waals surface area contributed by atoms with E-state index in [-0.39, 0.29) is 6.04 Å². The molecule has 3 rings (SSSR count). The number of ether oxygens (including phenoxy) is 1. The first-order valence-electron chi connectivity index (χ1n) is 7.80. The number of hydrogen-bond donors (Lipinski definition) is 1. The number of benzene rings is 2. The maximum Gasteiger partial charge on any atom is 0.120 e. The lowest BCUT2D eigenvalue weighted by molar-refractivity contribution is 0.305. The fourth-order valence-corrected chi connectivity index (χ4v) is 3.01. The highest BCUT2D eigenvalue weighted by atomic mass is 35.5. The fourth-order valence-electron chi connectivity index (χ4n) is 2.73. The van der Waals surface area contributed by atoms with Crippen LogP contribution in [0, 0.1) is 0 Å². The second-order valence-electron chi connectivity index (χ2n) is 5.57. The van der Waals surface area contributed by atoms with Crippen molar-refractivity contribution in [2.24, 2.45) is 7.05 Å². The molecule has 124 valence electrons. The van der Waals surface area contributed by atoms with Gasteiger partial charge in [-0.3, -0.25) is 4.68 Å². The standard InChI is InChI=1S/C19H20ClN3O/c1-21-18(19-17(20)12-22-23(19)2)15-9-6-10-16(11-15)24-13-14-7-4-3-5-8-14/h3-12,18,21H,13H2,1-2H3. The molecule has 0 aliphatic heterocycles. The quantitative estimate of drug-likeness (QED) is 0.737. The molecule has 0 saturated carbocycles. The van der Waals surface area contributed by atoms with E-state index in [1.807, 2.05) is 50.5 Å². The summed E-state index contributed by atoms with van der Waals surface area (Å²) >= 11 is 6.29. The van der Waals surface area contributed by atoms with Crippen LogP contribution in [-0.2, 0) is 13.7 Å². The van der Waals surface area contributed by atoms with Crippen molar-refractivity contribution in [3.05, 3.63) is 82.6 Å². The Kier molecular flexibility index (Phi) is 5.18. The average molecular weight is 342 g/mol. The van der Waals surface area contributed by atoms with E-state index in [2.05, 4.69) is 28.6 Å². The molecule has 1 heterocycles. The van der Waals surface area contributed by atoms with E-state index < -0.39 is 0 Å².